The zero-order valence-electron chi connectivity index (χ0n) is 18.2. The van der Waals surface area contributed by atoms with Crippen LogP contribution in [0.4, 0.5) is 17.1 Å². The van der Waals surface area contributed by atoms with Gasteiger partial charge < -0.3 is 15.4 Å². The highest BCUT2D eigenvalue weighted by Crippen LogP contribution is 2.32. The molecule has 0 fully saturated rings. The van der Waals surface area contributed by atoms with Gasteiger partial charge in [-0.3, -0.25) is 14.4 Å². The molecular weight excluding hydrogens is 477 g/mol. The van der Waals surface area contributed by atoms with Crippen LogP contribution in [-0.4, -0.2) is 24.8 Å². The third-order valence-corrected chi connectivity index (χ3v) is 5.82. The smallest absolute Gasteiger partial charge is 0.283 e. The number of carbonyl (C=O) groups excluding carboxylic acids is 3. The van der Waals surface area contributed by atoms with Crippen LogP contribution in [-0.2, 0) is 9.59 Å². The predicted octanol–water partition coefficient (Wildman–Crippen LogP) is 5.35. The number of imide groups is 1. The van der Waals surface area contributed by atoms with Gasteiger partial charge in [0, 0.05) is 22.0 Å². The number of nitrogens with zero attached hydrogens (tertiary/aromatic N) is 1. The highest BCUT2D eigenvalue weighted by atomic mass is 35.5. The van der Waals surface area contributed by atoms with E-state index >= 15 is 0 Å². The van der Waals surface area contributed by atoms with Crippen molar-refractivity contribution in [1.29, 1.82) is 0 Å². The summed E-state index contributed by atoms with van der Waals surface area (Å²) in [5.41, 5.74) is 2.45. The average Bonchev–Trinajstić information content (AvgIpc) is 3.05. The van der Waals surface area contributed by atoms with Gasteiger partial charge in [0.15, 0.2) is 0 Å². The molecule has 0 bridgehead atoms. The predicted molar refractivity (Wildman–Crippen MR) is 133 cm³/mol. The van der Waals surface area contributed by atoms with Gasteiger partial charge in [-0.1, -0.05) is 29.3 Å². The van der Waals surface area contributed by atoms with Crippen molar-refractivity contribution in [3.8, 4) is 5.75 Å². The summed E-state index contributed by atoms with van der Waals surface area (Å²) >= 11 is 12.1. The first kappa shape index (κ1) is 23.4. The molecule has 172 valence electrons. The molecule has 1 aliphatic heterocycles. The van der Waals surface area contributed by atoms with E-state index in [0.29, 0.717) is 33.4 Å². The lowest BCUT2D eigenvalue weighted by Crippen LogP contribution is -2.32. The maximum atomic E-state index is 13.1. The minimum atomic E-state index is -0.645. The van der Waals surface area contributed by atoms with E-state index in [-0.39, 0.29) is 16.6 Å². The third-order valence-electron chi connectivity index (χ3n) is 5.22. The first-order chi connectivity index (χ1) is 16.3. The SMILES string of the molecule is COc1ccc(N2C(=O)C(Cl)=C(Nc3cc(C(=O)Nc4ccc(Cl)cc4)ccc3C)C2=O)cc1. The minimum Gasteiger partial charge on any atom is -0.497 e. The van der Waals surface area contributed by atoms with E-state index < -0.39 is 11.8 Å². The van der Waals surface area contributed by atoms with Crippen molar-refractivity contribution in [3.05, 3.63) is 93.6 Å². The normalized spacial score (nSPS) is 13.4. The van der Waals surface area contributed by atoms with Crippen molar-refractivity contribution in [2.45, 2.75) is 6.92 Å². The monoisotopic (exact) mass is 495 g/mol. The van der Waals surface area contributed by atoms with Crippen molar-refractivity contribution >= 4 is 58.0 Å². The van der Waals surface area contributed by atoms with Crippen LogP contribution in [0.5, 0.6) is 5.75 Å². The number of rotatable bonds is 6. The number of aryl methyl sites for hydroxylation is 1. The summed E-state index contributed by atoms with van der Waals surface area (Å²) in [6, 6.07) is 18.2. The highest BCUT2D eigenvalue weighted by Gasteiger charge is 2.39. The Morgan fingerprint density at radius 2 is 1.59 bits per heavy atom. The quantitative estimate of drug-likeness (QED) is 0.450. The van der Waals surface area contributed by atoms with Crippen LogP contribution in [0, 0.1) is 6.92 Å². The van der Waals surface area contributed by atoms with Crippen molar-refractivity contribution in [3.63, 3.8) is 0 Å². The number of ether oxygens (including phenoxy) is 1. The Labute approximate surface area is 205 Å². The zero-order chi connectivity index (χ0) is 24.4. The number of nitrogens with one attached hydrogen (secondary N) is 2. The van der Waals surface area contributed by atoms with E-state index in [9.17, 15) is 14.4 Å². The van der Waals surface area contributed by atoms with Crippen molar-refractivity contribution in [2.75, 3.05) is 22.6 Å². The zero-order valence-corrected chi connectivity index (χ0v) is 19.7. The van der Waals surface area contributed by atoms with Gasteiger partial charge in [0.05, 0.1) is 12.8 Å². The maximum Gasteiger partial charge on any atom is 0.283 e. The largest absolute Gasteiger partial charge is 0.497 e. The summed E-state index contributed by atoms with van der Waals surface area (Å²) in [5, 5.41) is 6.05. The molecule has 3 amide bonds. The van der Waals surface area contributed by atoms with Crippen molar-refractivity contribution < 1.29 is 19.1 Å². The van der Waals surface area contributed by atoms with Crippen LogP contribution in [0.15, 0.2) is 77.5 Å². The number of amides is 3. The molecule has 1 aliphatic rings. The molecule has 0 aromatic heterocycles. The lowest BCUT2D eigenvalue weighted by molar-refractivity contribution is -0.120. The van der Waals surface area contributed by atoms with Gasteiger partial charge in [-0.15, -0.1) is 0 Å². The molecule has 3 aromatic carbocycles. The maximum absolute atomic E-state index is 13.1. The molecule has 0 unspecified atom stereocenters. The van der Waals surface area contributed by atoms with Crippen LogP contribution < -0.4 is 20.3 Å². The molecule has 7 nitrogen and oxygen atoms in total. The number of methoxy groups -OCH3 is 1. The van der Waals surface area contributed by atoms with Gasteiger partial charge in [-0.2, -0.15) is 0 Å². The molecule has 0 atom stereocenters. The van der Waals surface area contributed by atoms with E-state index in [2.05, 4.69) is 10.6 Å². The number of halogens is 2. The second-order valence-electron chi connectivity index (χ2n) is 7.45. The van der Waals surface area contributed by atoms with E-state index in [1.165, 1.54) is 7.11 Å². The Balaban J connectivity index is 1.56. The third kappa shape index (κ3) is 4.62. The van der Waals surface area contributed by atoms with E-state index in [1.807, 2.05) is 0 Å². The summed E-state index contributed by atoms with van der Waals surface area (Å²) in [4.78, 5) is 39.5. The molecule has 2 N–H and O–H groups in total. The fraction of sp³-hybridized carbons (Fsp3) is 0.0800. The Kier molecular flexibility index (Phi) is 6.58. The lowest BCUT2D eigenvalue weighted by atomic mass is 10.1. The average molecular weight is 496 g/mol. The molecule has 0 spiro atoms. The standard InChI is InChI=1S/C25H19Cl2N3O4/c1-14-3-4-15(23(31)28-17-7-5-16(26)6-8-17)13-20(14)29-22-21(27)24(32)30(25(22)33)18-9-11-19(34-2)12-10-18/h3-13,29H,1-2H3,(H,28,31). The Bertz CT molecular complexity index is 1320. The fourth-order valence-corrected chi connectivity index (χ4v) is 3.68. The summed E-state index contributed by atoms with van der Waals surface area (Å²) in [7, 11) is 1.52. The number of hydrogen-bond donors (Lipinski definition) is 2. The lowest BCUT2D eigenvalue weighted by Gasteiger charge is -2.16. The van der Waals surface area contributed by atoms with Crippen LogP contribution >= 0.6 is 23.2 Å². The molecule has 0 saturated heterocycles. The van der Waals surface area contributed by atoms with Crippen molar-refractivity contribution in [2.24, 2.45) is 0 Å². The molecule has 1 heterocycles. The number of anilines is 3. The second-order valence-corrected chi connectivity index (χ2v) is 8.26. The van der Waals surface area contributed by atoms with Crippen LogP contribution in [0.2, 0.25) is 5.02 Å². The van der Waals surface area contributed by atoms with Crippen LogP contribution in [0.1, 0.15) is 15.9 Å². The van der Waals surface area contributed by atoms with Gasteiger partial charge in [0.2, 0.25) is 0 Å². The topological polar surface area (TPSA) is 87.7 Å². The van der Waals surface area contributed by atoms with Gasteiger partial charge in [-0.25, -0.2) is 4.90 Å². The minimum absolute atomic E-state index is 0.0687. The molecule has 0 radical (unpaired) electrons. The van der Waals surface area contributed by atoms with Gasteiger partial charge in [0.1, 0.15) is 16.5 Å². The second kappa shape index (κ2) is 9.59. The molecule has 34 heavy (non-hydrogen) atoms. The number of benzene rings is 3. The summed E-state index contributed by atoms with van der Waals surface area (Å²) in [6.07, 6.45) is 0. The van der Waals surface area contributed by atoms with Gasteiger partial charge >= 0.3 is 0 Å². The molecule has 3 aromatic rings. The van der Waals surface area contributed by atoms with E-state index in [0.717, 1.165) is 10.5 Å². The summed E-state index contributed by atoms with van der Waals surface area (Å²) < 4.78 is 5.12. The highest BCUT2D eigenvalue weighted by molar-refractivity contribution is 6.53. The Morgan fingerprint density at radius 3 is 2.24 bits per heavy atom. The first-order valence-electron chi connectivity index (χ1n) is 10.2. The molecule has 4 rings (SSSR count). The van der Waals surface area contributed by atoms with Crippen molar-refractivity contribution in [1.82, 2.24) is 0 Å². The van der Waals surface area contributed by atoms with Crippen LogP contribution in [0.3, 0.4) is 0 Å². The molecule has 0 aliphatic carbocycles. The van der Waals surface area contributed by atoms with Gasteiger partial charge in [-0.05, 0) is 73.2 Å². The first-order valence-corrected chi connectivity index (χ1v) is 10.9. The van der Waals surface area contributed by atoms with Gasteiger partial charge in [0.25, 0.3) is 17.7 Å². The molecular formula is C25H19Cl2N3O4. The summed E-state index contributed by atoms with van der Waals surface area (Å²) in [6.45, 7) is 1.81. The Morgan fingerprint density at radius 1 is 0.912 bits per heavy atom. The van der Waals surface area contributed by atoms with E-state index in [1.54, 1.807) is 73.7 Å². The number of carbonyl (C=O) groups is 3. The molecule has 0 saturated carbocycles. The van der Waals surface area contributed by atoms with Crippen LogP contribution in [0.25, 0.3) is 0 Å². The summed E-state index contributed by atoms with van der Waals surface area (Å²) in [5.74, 6) is -1.01. The fourth-order valence-electron chi connectivity index (χ4n) is 3.35. The number of hydrogen-bond acceptors (Lipinski definition) is 5. The molecule has 9 heteroatoms. The van der Waals surface area contributed by atoms with E-state index in [4.69, 9.17) is 27.9 Å². The Hall–Kier alpha value is -3.81.